The molecule has 0 unspecified atom stereocenters. The zero-order valence-electron chi connectivity index (χ0n) is 13.7. The van der Waals surface area contributed by atoms with Crippen molar-refractivity contribution in [3.05, 3.63) is 64.4 Å². The number of hydrazine groups is 1. The van der Waals surface area contributed by atoms with E-state index in [2.05, 4.69) is 16.2 Å². The fourth-order valence-corrected chi connectivity index (χ4v) is 2.29. The van der Waals surface area contributed by atoms with E-state index in [9.17, 15) is 27.2 Å². The van der Waals surface area contributed by atoms with E-state index >= 15 is 0 Å². The smallest absolute Gasteiger partial charge is 0.351 e. The van der Waals surface area contributed by atoms with Gasteiger partial charge in [0.2, 0.25) is 5.91 Å². The molecule has 0 atom stereocenters. The number of halogens is 5. The zero-order chi connectivity index (χ0) is 20.0. The normalized spacial score (nSPS) is 11.0. The Morgan fingerprint density at radius 2 is 1.81 bits per heavy atom. The first-order chi connectivity index (χ1) is 12.7. The number of hydrogen-bond donors (Lipinski definition) is 3. The fraction of sp³-hybridized carbons (Fsp3) is 0.176. The summed E-state index contributed by atoms with van der Waals surface area (Å²) in [7, 11) is 0. The van der Waals surface area contributed by atoms with Crippen LogP contribution in [0.15, 0.2) is 42.5 Å². The highest BCUT2D eigenvalue weighted by Crippen LogP contribution is 2.30. The Morgan fingerprint density at radius 3 is 2.48 bits per heavy atom. The summed E-state index contributed by atoms with van der Waals surface area (Å²) < 4.78 is 50.8. The summed E-state index contributed by atoms with van der Waals surface area (Å²) >= 11 is 5.76. The molecule has 0 heterocycles. The monoisotopic (exact) mass is 403 g/mol. The van der Waals surface area contributed by atoms with Crippen LogP contribution < -0.4 is 16.2 Å². The third-order valence-electron chi connectivity index (χ3n) is 3.35. The van der Waals surface area contributed by atoms with Crippen LogP contribution in [0.4, 0.5) is 23.2 Å². The highest BCUT2D eigenvalue weighted by Gasteiger charge is 2.30. The Balaban J connectivity index is 1.79. The van der Waals surface area contributed by atoms with E-state index in [1.54, 1.807) is 0 Å². The van der Waals surface area contributed by atoms with Gasteiger partial charge in [-0.25, -0.2) is 4.39 Å². The maximum absolute atomic E-state index is 12.9. The lowest BCUT2D eigenvalue weighted by Crippen LogP contribution is -2.33. The Bertz CT molecular complexity index is 843. The summed E-state index contributed by atoms with van der Waals surface area (Å²) in [5.74, 6) is -1.73. The first-order valence-corrected chi connectivity index (χ1v) is 8.00. The van der Waals surface area contributed by atoms with Crippen molar-refractivity contribution in [2.24, 2.45) is 0 Å². The molecule has 0 radical (unpaired) electrons. The predicted octanol–water partition coefficient (Wildman–Crippen LogP) is 3.76. The van der Waals surface area contributed by atoms with Gasteiger partial charge in [0.1, 0.15) is 5.82 Å². The average molecular weight is 404 g/mol. The van der Waals surface area contributed by atoms with E-state index in [-0.39, 0.29) is 29.2 Å². The summed E-state index contributed by atoms with van der Waals surface area (Å²) in [6, 6.07) is 7.58. The molecule has 3 N–H and O–H groups in total. The lowest BCUT2D eigenvalue weighted by atomic mass is 10.2. The van der Waals surface area contributed by atoms with Gasteiger partial charge in [-0.1, -0.05) is 17.7 Å². The Kier molecular flexibility index (Phi) is 6.62. The van der Waals surface area contributed by atoms with E-state index in [1.807, 2.05) is 0 Å². The second-order valence-electron chi connectivity index (χ2n) is 5.38. The number of nitrogens with one attached hydrogen (secondary N) is 3. The molecule has 0 spiro atoms. The molecule has 144 valence electrons. The van der Waals surface area contributed by atoms with Crippen molar-refractivity contribution in [3.63, 3.8) is 0 Å². The molecule has 0 aromatic heterocycles. The number of anilines is 1. The largest absolute Gasteiger partial charge is 0.416 e. The molecule has 0 aliphatic rings. The quantitative estimate of drug-likeness (QED) is 0.508. The molecule has 2 aromatic carbocycles. The van der Waals surface area contributed by atoms with Gasteiger partial charge in [0.25, 0.3) is 5.91 Å². The van der Waals surface area contributed by atoms with Crippen LogP contribution in [0.2, 0.25) is 5.02 Å². The second-order valence-corrected chi connectivity index (χ2v) is 5.79. The van der Waals surface area contributed by atoms with Gasteiger partial charge >= 0.3 is 6.18 Å². The summed E-state index contributed by atoms with van der Waals surface area (Å²) in [4.78, 5) is 23.6. The number of carbonyl (C=O) groups is 2. The Morgan fingerprint density at radius 1 is 1.07 bits per heavy atom. The summed E-state index contributed by atoms with van der Waals surface area (Å²) in [6.45, 7) is -0.0529. The SMILES string of the molecule is O=C(CCNC(=O)c1ccc(F)cc1Cl)NNc1cccc(C(F)(F)F)c1. The number of alkyl halides is 3. The third-order valence-corrected chi connectivity index (χ3v) is 3.66. The van der Waals surface area contributed by atoms with Gasteiger partial charge in [-0.15, -0.1) is 0 Å². The Hall–Kier alpha value is -2.81. The number of rotatable bonds is 6. The number of benzene rings is 2. The molecule has 0 saturated carbocycles. The minimum Gasteiger partial charge on any atom is -0.351 e. The molecule has 0 bridgehead atoms. The summed E-state index contributed by atoms with van der Waals surface area (Å²) in [5, 5.41) is 2.37. The number of amides is 2. The lowest BCUT2D eigenvalue weighted by Gasteiger charge is -2.12. The molecule has 0 aliphatic heterocycles. The van der Waals surface area contributed by atoms with Crippen LogP contribution in [-0.4, -0.2) is 18.4 Å². The predicted molar refractivity (Wildman–Crippen MR) is 91.6 cm³/mol. The van der Waals surface area contributed by atoms with Gasteiger partial charge in [-0.05, 0) is 36.4 Å². The topological polar surface area (TPSA) is 70.2 Å². The van der Waals surface area contributed by atoms with Crippen molar-refractivity contribution >= 4 is 29.1 Å². The van der Waals surface area contributed by atoms with Crippen molar-refractivity contribution in [1.29, 1.82) is 0 Å². The average Bonchev–Trinajstić information content (AvgIpc) is 2.59. The standard InChI is InChI=1S/C17H14ClF4N3O2/c18-14-9-11(19)4-5-13(14)16(27)23-7-6-15(26)25-24-12-3-1-2-10(8-12)17(20,21)22/h1-5,8-9,24H,6-7H2,(H,23,27)(H,25,26). The highest BCUT2D eigenvalue weighted by molar-refractivity contribution is 6.33. The van der Waals surface area contributed by atoms with E-state index in [4.69, 9.17) is 11.6 Å². The van der Waals surface area contributed by atoms with Crippen molar-refractivity contribution in [1.82, 2.24) is 10.7 Å². The third kappa shape index (κ3) is 6.14. The first kappa shape index (κ1) is 20.5. The van der Waals surface area contributed by atoms with Crippen LogP contribution in [0.1, 0.15) is 22.3 Å². The first-order valence-electron chi connectivity index (χ1n) is 7.62. The fourth-order valence-electron chi connectivity index (χ4n) is 2.04. The molecular formula is C17H14ClF4N3O2. The van der Waals surface area contributed by atoms with Crippen molar-refractivity contribution in [2.75, 3.05) is 12.0 Å². The maximum atomic E-state index is 12.9. The van der Waals surface area contributed by atoms with Crippen molar-refractivity contribution in [2.45, 2.75) is 12.6 Å². The molecule has 0 saturated heterocycles. The molecule has 2 rings (SSSR count). The molecular weight excluding hydrogens is 390 g/mol. The summed E-state index contributed by atoms with van der Waals surface area (Å²) in [5.41, 5.74) is 3.85. The van der Waals surface area contributed by atoms with E-state index in [0.717, 1.165) is 24.3 Å². The van der Waals surface area contributed by atoms with E-state index in [0.29, 0.717) is 0 Å². The van der Waals surface area contributed by atoms with Gasteiger partial charge in [-0.3, -0.25) is 20.4 Å². The van der Waals surface area contributed by atoms with Crippen LogP contribution in [-0.2, 0) is 11.0 Å². The van der Waals surface area contributed by atoms with Crippen LogP contribution >= 0.6 is 11.6 Å². The molecule has 10 heteroatoms. The highest BCUT2D eigenvalue weighted by atomic mass is 35.5. The molecule has 0 fully saturated rings. The zero-order valence-corrected chi connectivity index (χ0v) is 14.4. The van der Waals surface area contributed by atoms with Crippen molar-refractivity contribution in [3.8, 4) is 0 Å². The molecule has 0 aliphatic carbocycles. The second kappa shape index (κ2) is 8.72. The van der Waals surface area contributed by atoms with Gasteiger partial charge in [0.15, 0.2) is 0 Å². The Labute approximate surface area is 156 Å². The van der Waals surface area contributed by atoms with E-state index < -0.39 is 29.4 Å². The van der Waals surface area contributed by atoms with Crippen LogP contribution in [0.3, 0.4) is 0 Å². The van der Waals surface area contributed by atoms with Crippen LogP contribution in [0, 0.1) is 5.82 Å². The van der Waals surface area contributed by atoms with Gasteiger partial charge < -0.3 is 5.32 Å². The van der Waals surface area contributed by atoms with Gasteiger partial charge in [0.05, 0.1) is 21.8 Å². The minimum absolute atomic E-state index is 0.0529. The van der Waals surface area contributed by atoms with Gasteiger partial charge in [-0.2, -0.15) is 13.2 Å². The van der Waals surface area contributed by atoms with Crippen LogP contribution in [0.5, 0.6) is 0 Å². The number of hydrogen-bond acceptors (Lipinski definition) is 3. The molecule has 2 amide bonds. The maximum Gasteiger partial charge on any atom is 0.416 e. The lowest BCUT2D eigenvalue weighted by molar-refractivity contribution is -0.137. The minimum atomic E-state index is -4.49. The van der Waals surface area contributed by atoms with Gasteiger partial charge in [0, 0.05) is 13.0 Å². The van der Waals surface area contributed by atoms with E-state index in [1.165, 1.54) is 18.2 Å². The molecule has 5 nitrogen and oxygen atoms in total. The van der Waals surface area contributed by atoms with Crippen LogP contribution in [0.25, 0.3) is 0 Å². The van der Waals surface area contributed by atoms with Crippen molar-refractivity contribution < 1.29 is 27.2 Å². The molecule has 27 heavy (non-hydrogen) atoms. The summed E-state index contributed by atoms with van der Waals surface area (Å²) in [6.07, 6.45) is -4.63. The number of carbonyl (C=O) groups excluding carboxylic acids is 2. The molecule has 2 aromatic rings.